The molecule has 3 N–H and O–H groups in total. The van der Waals surface area contributed by atoms with Crippen LogP contribution in [0.15, 0.2) is 0 Å². The number of ether oxygens (including phenoxy) is 2. The zero-order valence-corrected chi connectivity index (χ0v) is 29.7. The maximum absolute atomic E-state index is 12.8. The van der Waals surface area contributed by atoms with E-state index in [1.165, 1.54) is 32.1 Å². The monoisotopic (exact) mass is 679 g/mol. The van der Waals surface area contributed by atoms with Crippen molar-refractivity contribution in [3.8, 4) is 6.07 Å². The molecule has 2 amide bonds. The Kier molecular flexibility index (Phi) is 9.79. The van der Waals surface area contributed by atoms with Crippen LogP contribution in [0, 0.1) is 112 Å². The Hall–Kier alpha value is -2.67. The molecule has 49 heavy (non-hydrogen) atoms. The molecule has 0 aromatic heterocycles. The fourth-order valence-corrected chi connectivity index (χ4v) is 14.0. The highest BCUT2D eigenvalue weighted by atomic mass is 16.5. The van der Waals surface area contributed by atoms with Crippen LogP contribution in [0.1, 0.15) is 79.1 Å². The number of nitriles is 1. The number of fused-ring (bicyclic) bond motifs is 18. The van der Waals surface area contributed by atoms with Crippen LogP contribution in [0.2, 0.25) is 0 Å². The van der Waals surface area contributed by atoms with Crippen LogP contribution >= 0.6 is 0 Å². The van der Waals surface area contributed by atoms with Gasteiger partial charge in [0, 0.05) is 11.8 Å². The van der Waals surface area contributed by atoms with E-state index in [1.807, 2.05) is 6.07 Å². The largest absolute Gasteiger partial charge is 0.463 e. The molecular formula is C39H57N3O7. The van der Waals surface area contributed by atoms with Gasteiger partial charge in [-0.3, -0.25) is 14.4 Å². The quantitative estimate of drug-likeness (QED) is 0.178. The van der Waals surface area contributed by atoms with Crippen molar-refractivity contribution in [2.45, 2.75) is 85.1 Å². The standard InChI is InChI=1S/C20H31NO4.C19H26N2O3/c1-9-10(2)14-8-13(9)17-12-6-15(18(14)17)16(7-12)19(23)21-11(3)20(24)25-5-4-22;1-10-5-11-6-13(10)17-12-7-14(18(11)17)15(8-12)19(23)21-9-16(22)24-4-2-3-20/h9-18,22H,4-8H2,1-3H3,(H,21,23);10-15,17-18H,2,4-9H2,1H3,(H,21,23). The van der Waals surface area contributed by atoms with Crippen molar-refractivity contribution in [3.05, 3.63) is 0 Å². The molecule has 0 heterocycles. The maximum Gasteiger partial charge on any atom is 0.328 e. The fraction of sp³-hybridized carbons (Fsp3) is 0.872. The van der Waals surface area contributed by atoms with E-state index in [0.717, 1.165) is 83.9 Å². The number of carbonyl (C=O) groups is 4. The number of nitrogens with one attached hydrogen (secondary N) is 2. The maximum atomic E-state index is 12.8. The minimum absolute atomic E-state index is 0.0178. The summed E-state index contributed by atoms with van der Waals surface area (Å²) in [5.74, 6) is 11.0. The number of amides is 2. The second-order valence-corrected chi connectivity index (χ2v) is 17.4. The van der Waals surface area contributed by atoms with Gasteiger partial charge in [-0.25, -0.2) is 4.79 Å². The van der Waals surface area contributed by atoms with Gasteiger partial charge in [-0.15, -0.1) is 0 Å². The van der Waals surface area contributed by atoms with Crippen LogP contribution in [0.3, 0.4) is 0 Å². The van der Waals surface area contributed by atoms with Crippen LogP contribution in [-0.2, 0) is 28.7 Å². The van der Waals surface area contributed by atoms with Crippen LogP contribution in [-0.4, -0.2) is 61.3 Å². The van der Waals surface area contributed by atoms with Gasteiger partial charge in [0.05, 0.1) is 19.1 Å². The Morgan fingerprint density at radius 3 is 1.98 bits per heavy atom. The molecule has 0 aromatic rings. The van der Waals surface area contributed by atoms with Crippen molar-refractivity contribution in [3.63, 3.8) is 0 Å². The molecule has 8 aliphatic rings. The van der Waals surface area contributed by atoms with Crippen LogP contribution in [0.4, 0.5) is 0 Å². The Morgan fingerprint density at radius 2 is 1.31 bits per heavy atom. The predicted molar refractivity (Wildman–Crippen MR) is 179 cm³/mol. The third-order valence-electron chi connectivity index (χ3n) is 15.6. The first-order chi connectivity index (χ1) is 23.5. The number of rotatable bonds is 10. The summed E-state index contributed by atoms with van der Waals surface area (Å²) in [6, 6.07) is 1.28. The lowest BCUT2D eigenvalue weighted by Crippen LogP contribution is -2.47. The minimum Gasteiger partial charge on any atom is -0.463 e. The summed E-state index contributed by atoms with van der Waals surface area (Å²) in [5, 5.41) is 22.8. The molecule has 0 aliphatic heterocycles. The zero-order chi connectivity index (χ0) is 34.7. The Bertz CT molecular complexity index is 1350. The van der Waals surface area contributed by atoms with E-state index in [-0.39, 0.29) is 56.4 Å². The van der Waals surface area contributed by atoms with Crippen molar-refractivity contribution in [2.75, 3.05) is 26.4 Å². The first-order valence-electron chi connectivity index (χ1n) is 19.4. The predicted octanol–water partition coefficient (Wildman–Crippen LogP) is 3.96. The van der Waals surface area contributed by atoms with Crippen molar-refractivity contribution in [1.29, 1.82) is 5.26 Å². The lowest BCUT2D eigenvalue weighted by atomic mass is 9.62. The molecule has 10 heteroatoms. The first kappa shape index (κ1) is 34.8. The Morgan fingerprint density at radius 1 is 0.735 bits per heavy atom. The van der Waals surface area contributed by atoms with Gasteiger partial charge in [-0.2, -0.15) is 5.26 Å². The molecule has 0 radical (unpaired) electrons. The Balaban J connectivity index is 0.000000154. The highest BCUT2D eigenvalue weighted by Gasteiger charge is 2.67. The molecule has 8 bridgehead atoms. The fourth-order valence-electron chi connectivity index (χ4n) is 14.0. The van der Waals surface area contributed by atoms with Gasteiger partial charge < -0.3 is 25.2 Å². The molecule has 0 aromatic carbocycles. The van der Waals surface area contributed by atoms with Crippen LogP contribution in [0.5, 0.6) is 0 Å². The van der Waals surface area contributed by atoms with Crippen LogP contribution in [0.25, 0.3) is 0 Å². The lowest BCUT2D eigenvalue weighted by Gasteiger charge is -2.43. The third kappa shape index (κ3) is 5.98. The van der Waals surface area contributed by atoms with Gasteiger partial charge in [0.25, 0.3) is 0 Å². The normalized spacial score (nSPS) is 45.9. The van der Waals surface area contributed by atoms with Gasteiger partial charge in [0.2, 0.25) is 11.8 Å². The molecule has 8 rings (SSSR count). The number of nitrogens with zero attached hydrogens (tertiary/aromatic N) is 1. The summed E-state index contributed by atoms with van der Waals surface area (Å²) in [6.07, 6.45) is 8.76. The summed E-state index contributed by atoms with van der Waals surface area (Å²) in [4.78, 5) is 48.8. The van der Waals surface area contributed by atoms with Gasteiger partial charge in [0.1, 0.15) is 25.8 Å². The van der Waals surface area contributed by atoms with E-state index < -0.39 is 18.0 Å². The average molecular weight is 680 g/mol. The van der Waals surface area contributed by atoms with Crippen molar-refractivity contribution >= 4 is 23.8 Å². The highest BCUT2D eigenvalue weighted by molar-refractivity contribution is 5.86. The number of hydrogen-bond acceptors (Lipinski definition) is 8. The number of esters is 2. The third-order valence-corrected chi connectivity index (χ3v) is 15.6. The summed E-state index contributed by atoms with van der Waals surface area (Å²) >= 11 is 0. The summed E-state index contributed by atoms with van der Waals surface area (Å²) in [6.45, 7) is 8.73. The highest BCUT2D eigenvalue weighted by Crippen LogP contribution is 2.72. The molecule has 8 saturated carbocycles. The number of aliphatic hydroxyl groups excluding tert-OH is 1. The SMILES string of the molecule is CC(NC(=O)C1CC2CC1C1C3CC(C(C)C3C)C21)C(=O)OCCO.CC1CC2CC1C1C3CC(C(=O)NCC(=O)OCCC#N)C(C3)C21. The lowest BCUT2D eigenvalue weighted by molar-refractivity contribution is -0.149. The number of hydrogen-bond donors (Lipinski definition) is 3. The molecule has 8 aliphatic carbocycles. The van der Waals surface area contributed by atoms with Crippen molar-refractivity contribution < 1.29 is 33.8 Å². The topological polar surface area (TPSA) is 155 Å². The van der Waals surface area contributed by atoms with E-state index in [4.69, 9.17) is 19.8 Å². The molecule has 0 spiro atoms. The molecule has 18 atom stereocenters. The first-order valence-corrected chi connectivity index (χ1v) is 19.4. The zero-order valence-electron chi connectivity index (χ0n) is 29.7. The molecule has 8 fully saturated rings. The van der Waals surface area contributed by atoms with E-state index in [1.54, 1.807) is 6.92 Å². The van der Waals surface area contributed by atoms with E-state index >= 15 is 0 Å². The molecule has 10 nitrogen and oxygen atoms in total. The van der Waals surface area contributed by atoms with Gasteiger partial charge >= 0.3 is 11.9 Å². The van der Waals surface area contributed by atoms with Gasteiger partial charge in [0.15, 0.2) is 0 Å². The van der Waals surface area contributed by atoms with E-state index in [2.05, 4.69) is 31.4 Å². The minimum atomic E-state index is -0.645. The van der Waals surface area contributed by atoms with Gasteiger partial charge in [-0.05, 0) is 141 Å². The molecular weight excluding hydrogens is 622 g/mol. The molecule has 0 saturated heterocycles. The summed E-state index contributed by atoms with van der Waals surface area (Å²) in [5.41, 5.74) is 0. The second kappa shape index (κ2) is 13.8. The number of aliphatic hydroxyl groups is 1. The Labute approximate surface area is 291 Å². The summed E-state index contributed by atoms with van der Waals surface area (Å²) in [7, 11) is 0. The van der Waals surface area contributed by atoms with Crippen LogP contribution < -0.4 is 10.6 Å². The van der Waals surface area contributed by atoms with E-state index in [9.17, 15) is 19.2 Å². The smallest absolute Gasteiger partial charge is 0.328 e. The van der Waals surface area contributed by atoms with Crippen molar-refractivity contribution in [1.82, 2.24) is 10.6 Å². The molecule has 18 unspecified atom stereocenters. The van der Waals surface area contributed by atoms with Crippen molar-refractivity contribution in [2.24, 2.45) is 101 Å². The van der Waals surface area contributed by atoms with E-state index in [0.29, 0.717) is 17.8 Å². The molecule has 270 valence electrons. The summed E-state index contributed by atoms with van der Waals surface area (Å²) < 4.78 is 9.81. The number of carbonyl (C=O) groups excluding carboxylic acids is 4. The van der Waals surface area contributed by atoms with Gasteiger partial charge in [-0.1, -0.05) is 20.8 Å². The average Bonchev–Trinajstić information content (AvgIpc) is 3.94. The second-order valence-electron chi connectivity index (χ2n) is 17.4.